The summed E-state index contributed by atoms with van der Waals surface area (Å²) in [6, 6.07) is -1.02. The number of hydrogen-bond donors (Lipinski definition) is 3. The molecular formula is C45H71N3O9. The first-order chi connectivity index (χ1) is 27.2. The van der Waals surface area contributed by atoms with Gasteiger partial charge in [0.1, 0.15) is 18.2 Å². The number of amides is 1. The van der Waals surface area contributed by atoms with Crippen LogP contribution >= 0.6 is 0 Å². The van der Waals surface area contributed by atoms with Crippen LogP contribution in [-0.2, 0) is 33.3 Å². The molecular weight excluding hydrogens is 727 g/mol. The molecule has 0 aromatic rings. The molecule has 0 unspecified atom stereocenters. The summed E-state index contributed by atoms with van der Waals surface area (Å²) >= 11 is 0. The minimum Gasteiger partial charge on any atom is -0.456 e. The number of ketones is 1. The molecule has 3 aliphatic heterocycles. The molecule has 2 saturated heterocycles. The first-order valence-electron chi connectivity index (χ1n) is 21.3. The number of aliphatic hydroxyl groups excluding tert-OH is 1. The van der Waals surface area contributed by atoms with Crippen molar-refractivity contribution in [3.05, 3.63) is 48.1 Å². The van der Waals surface area contributed by atoms with Gasteiger partial charge in [-0.3, -0.25) is 9.59 Å². The summed E-state index contributed by atoms with van der Waals surface area (Å²) in [6.45, 7) is 16.7. The second kappa shape index (κ2) is 21.7. The van der Waals surface area contributed by atoms with Crippen molar-refractivity contribution in [2.75, 3.05) is 27.3 Å². The molecule has 3 fully saturated rings. The third-order valence-corrected chi connectivity index (χ3v) is 12.4. The molecule has 10 atom stereocenters. The van der Waals surface area contributed by atoms with Crippen molar-refractivity contribution in [2.45, 2.75) is 155 Å². The van der Waals surface area contributed by atoms with Crippen molar-refractivity contribution in [3.63, 3.8) is 0 Å². The predicted molar refractivity (Wildman–Crippen MR) is 221 cm³/mol. The number of fused-ring (bicyclic) bond motifs is 3. The lowest BCUT2D eigenvalue weighted by Crippen LogP contribution is -2.64. The van der Waals surface area contributed by atoms with E-state index in [9.17, 15) is 24.6 Å². The van der Waals surface area contributed by atoms with Gasteiger partial charge >= 0.3 is 5.97 Å². The molecule has 320 valence electrons. The van der Waals surface area contributed by atoms with E-state index >= 15 is 0 Å². The maximum absolute atomic E-state index is 14.4. The Morgan fingerprint density at radius 3 is 2.40 bits per heavy atom. The lowest BCUT2D eigenvalue weighted by atomic mass is 9.82. The average Bonchev–Trinajstić information content (AvgIpc) is 3.19. The van der Waals surface area contributed by atoms with Crippen LogP contribution in [0.4, 0.5) is 0 Å². The highest BCUT2D eigenvalue weighted by molar-refractivity contribution is 6.39. The summed E-state index contributed by atoms with van der Waals surface area (Å²) in [6.07, 6.45) is 14.3. The second-order valence-electron chi connectivity index (χ2n) is 17.1. The molecule has 1 aliphatic carbocycles. The molecule has 0 spiro atoms. The third-order valence-electron chi connectivity index (χ3n) is 12.4. The van der Waals surface area contributed by atoms with E-state index in [1.54, 1.807) is 21.1 Å². The smallest absolute Gasteiger partial charge is 0.329 e. The summed E-state index contributed by atoms with van der Waals surface area (Å²) in [4.78, 5) is 44.1. The number of hydrogen-bond acceptors (Lipinski definition) is 11. The number of carbonyl (C=O) groups excluding carboxylic acids is 3. The van der Waals surface area contributed by atoms with E-state index in [4.69, 9.17) is 24.0 Å². The molecule has 12 nitrogen and oxygen atoms in total. The van der Waals surface area contributed by atoms with Crippen LogP contribution in [0.15, 0.2) is 53.2 Å². The van der Waals surface area contributed by atoms with E-state index in [0.717, 1.165) is 49.0 Å². The van der Waals surface area contributed by atoms with Crippen LogP contribution in [0.3, 0.4) is 0 Å². The Morgan fingerprint density at radius 1 is 1.07 bits per heavy atom. The number of methoxy groups -OCH3 is 2. The lowest BCUT2D eigenvalue weighted by Gasteiger charge is -2.47. The highest BCUT2D eigenvalue weighted by Crippen LogP contribution is 2.39. The molecule has 4 aliphatic rings. The fourth-order valence-corrected chi connectivity index (χ4v) is 9.15. The molecule has 0 aromatic heterocycles. The molecule has 57 heavy (non-hydrogen) atoms. The first-order valence-corrected chi connectivity index (χ1v) is 21.3. The number of cyclic esters (lactones) is 1. The Balaban J connectivity index is 1.82. The van der Waals surface area contributed by atoms with Crippen molar-refractivity contribution in [3.8, 4) is 0 Å². The number of piperidine rings is 1. The molecule has 3 heterocycles. The zero-order valence-corrected chi connectivity index (χ0v) is 35.8. The Kier molecular flexibility index (Phi) is 17.7. The number of esters is 1. The maximum Gasteiger partial charge on any atom is 0.329 e. The highest BCUT2D eigenvalue weighted by Gasteiger charge is 2.56. The van der Waals surface area contributed by atoms with Crippen LogP contribution < -0.4 is 5.43 Å². The molecule has 4 rings (SSSR count). The summed E-state index contributed by atoms with van der Waals surface area (Å²) in [5.41, 5.74) is 6.00. The molecule has 1 amide bonds. The third kappa shape index (κ3) is 12.0. The van der Waals surface area contributed by atoms with Crippen LogP contribution in [0.2, 0.25) is 0 Å². The molecule has 0 radical (unpaired) electrons. The topological polar surface area (TPSA) is 156 Å². The van der Waals surface area contributed by atoms with Crippen LogP contribution in [-0.4, -0.2) is 108 Å². The number of ether oxygens (including phenoxy) is 4. The minimum atomic E-state index is -2.45. The Bertz CT molecular complexity index is 1500. The van der Waals surface area contributed by atoms with E-state index < -0.39 is 59.8 Å². The van der Waals surface area contributed by atoms with Gasteiger partial charge in [-0.1, -0.05) is 50.6 Å². The van der Waals surface area contributed by atoms with Crippen LogP contribution in [0.1, 0.15) is 112 Å². The van der Waals surface area contributed by atoms with Gasteiger partial charge in [0.15, 0.2) is 0 Å². The number of hydrazone groups is 1. The quantitative estimate of drug-likeness (QED) is 0.112. The van der Waals surface area contributed by atoms with Crippen molar-refractivity contribution >= 4 is 23.4 Å². The maximum atomic E-state index is 14.4. The first kappa shape index (κ1) is 46.5. The number of Topliss-reactive ketones (excluding diaryl/α,β-unsaturated/α-hetero) is 1. The molecule has 0 aromatic carbocycles. The SMILES string of the molecule is C=CC[C@@H]1/C=C(\C)C[C@H](C)C[C@H](OC)[C@H]2O[C@@](O)(C(=O)C(=O)N3CCCC[C@H]3C(=O)O[C@H](/C(C)=C/C3CCC(O)CC3)[C@H](C)/C=C/C1=N/NCC)[C@H](C)C[C@@H]2OC. The zero-order chi connectivity index (χ0) is 41.9. The number of nitrogens with zero attached hydrogens (tertiary/aromatic N) is 2. The molecule has 1 saturated carbocycles. The summed E-state index contributed by atoms with van der Waals surface area (Å²) in [5, 5.41) is 27.0. The van der Waals surface area contributed by atoms with E-state index in [1.807, 2.05) is 39.0 Å². The number of rotatable bonds is 8. The van der Waals surface area contributed by atoms with E-state index in [2.05, 4.69) is 38.0 Å². The molecule has 3 N–H and O–H groups in total. The fraction of sp³-hybridized carbons (Fsp3) is 0.733. The summed E-state index contributed by atoms with van der Waals surface area (Å²) < 4.78 is 24.6. The van der Waals surface area contributed by atoms with Crippen LogP contribution in [0.5, 0.6) is 0 Å². The van der Waals surface area contributed by atoms with Crippen molar-refractivity contribution in [1.29, 1.82) is 0 Å². The number of nitrogens with one attached hydrogen (secondary N) is 1. The van der Waals surface area contributed by atoms with E-state index in [1.165, 1.54) is 4.90 Å². The Labute approximate surface area is 341 Å². The van der Waals surface area contributed by atoms with Gasteiger partial charge in [-0.25, -0.2) is 4.79 Å². The van der Waals surface area contributed by atoms with Gasteiger partial charge in [0, 0.05) is 45.1 Å². The number of carbonyl (C=O) groups is 3. The normalized spacial score (nSPS) is 39.3. The monoisotopic (exact) mass is 798 g/mol. The van der Waals surface area contributed by atoms with Crippen LogP contribution in [0.25, 0.3) is 0 Å². The number of allylic oxidation sites excluding steroid dienone is 5. The molecule has 2 bridgehead atoms. The van der Waals surface area contributed by atoms with Gasteiger partial charge in [-0.15, -0.1) is 6.58 Å². The average molecular weight is 798 g/mol. The van der Waals surface area contributed by atoms with Crippen molar-refractivity contribution in [1.82, 2.24) is 10.3 Å². The Hall–Kier alpha value is -3.16. The number of aliphatic hydroxyl groups is 2. The van der Waals surface area contributed by atoms with E-state index in [0.29, 0.717) is 38.6 Å². The standard InChI is InChI=1S/C45H71N3O9/c1-10-14-34-24-28(3)23-29(4)25-38(54-8)41-39(55-9)27-32(7)45(53,57-41)42(50)43(51)48-22-13-12-15-37(48)44(52)56-40(30(5)16-21-36(34)47-46-11-2)31(6)26-33-17-19-35(49)20-18-33/h10,16,21,24,26,29-30,32-35,37-41,46,49,53H,1,11-15,17-20,22-23,25,27H2,2-9H3/b21-16+,28-24+,31-26+,47-36-/t29-,30+,32+,33?,34+,35?,37-,38-,39-,40-,41+,45+/m0/s1. The van der Waals surface area contributed by atoms with Gasteiger partial charge in [0.2, 0.25) is 5.79 Å². The largest absolute Gasteiger partial charge is 0.456 e. The fourth-order valence-electron chi connectivity index (χ4n) is 9.15. The minimum absolute atomic E-state index is 0.0836. The van der Waals surface area contributed by atoms with Crippen LogP contribution in [0, 0.1) is 29.6 Å². The van der Waals surface area contributed by atoms with Gasteiger partial charge < -0.3 is 39.5 Å². The van der Waals surface area contributed by atoms with Crippen molar-refractivity contribution in [2.24, 2.45) is 34.7 Å². The van der Waals surface area contributed by atoms with Gasteiger partial charge in [-0.05, 0) is 115 Å². The summed E-state index contributed by atoms with van der Waals surface area (Å²) in [5.74, 6) is -5.94. The van der Waals surface area contributed by atoms with Crippen molar-refractivity contribution < 1.29 is 43.5 Å². The zero-order valence-electron chi connectivity index (χ0n) is 35.8. The predicted octanol–water partition coefficient (Wildman–Crippen LogP) is 6.22. The summed E-state index contributed by atoms with van der Waals surface area (Å²) in [7, 11) is 3.14. The Morgan fingerprint density at radius 2 is 1.75 bits per heavy atom. The van der Waals surface area contributed by atoms with E-state index in [-0.39, 0.29) is 42.7 Å². The van der Waals surface area contributed by atoms with Gasteiger partial charge in [0.25, 0.3) is 11.7 Å². The van der Waals surface area contributed by atoms with Gasteiger partial charge in [0.05, 0.1) is 24.0 Å². The lowest BCUT2D eigenvalue weighted by molar-refractivity contribution is -0.302. The molecule has 12 heteroatoms. The highest BCUT2D eigenvalue weighted by atomic mass is 16.7. The second-order valence-corrected chi connectivity index (χ2v) is 17.1. The van der Waals surface area contributed by atoms with Gasteiger partial charge in [-0.2, -0.15) is 5.10 Å².